The first-order valence-electron chi connectivity index (χ1n) is 4.35. The van der Waals surface area contributed by atoms with E-state index in [1.807, 2.05) is 0 Å². The molecule has 0 unspecified atom stereocenters. The van der Waals surface area contributed by atoms with Crippen LogP contribution < -0.4 is 5.73 Å². The molecule has 6 heteroatoms. The van der Waals surface area contributed by atoms with Crippen molar-refractivity contribution in [3.63, 3.8) is 0 Å². The summed E-state index contributed by atoms with van der Waals surface area (Å²) in [4.78, 5) is 15.6. The van der Waals surface area contributed by atoms with E-state index in [-0.39, 0.29) is 6.54 Å². The maximum Gasteiger partial charge on any atom is 0.407 e. The lowest BCUT2D eigenvalue weighted by molar-refractivity contribution is 0.161. The van der Waals surface area contributed by atoms with Crippen molar-refractivity contribution in [1.29, 1.82) is 0 Å². The SMILES string of the molecule is CN(CC#Cc1nc(Br)ccc1N)C(=O)O. The van der Waals surface area contributed by atoms with Crippen LogP contribution in [0.15, 0.2) is 16.7 Å². The lowest BCUT2D eigenvalue weighted by Gasteiger charge is -2.06. The second-order valence-corrected chi connectivity index (χ2v) is 3.82. The number of nitrogens with zero attached hydrogens (tertiary/aromatic N) is 2. The van der Waals surface area contributed by atoms with Gasteiger partial charge in [0.1, 0.15) is 10.3 Å². The molecule has 0 bridgehead atoms. The van der Waals surface area contributed by atoms with Gasteiger partial charge in [-0.2, -0.15) is 0 Å². The predicted octanol–water partition coefficient (Wildman–Crippen LogP) is 1.39. The van der Waals surface area contributed by atoms with E-state index in [0.29, 0.717) is 16.0 Å². The maximum atomic E-state index is 10.5. The van der Waals surface area contributed by atoms with Crippen LogP contribution >= 0.6 is 15.9 Å². The summed E-state index contributed by atoms with van der Waals surface area (Å²) in [7, 11) is 1.44. The van der Waals surface area contributed by atoms with Crippen molar-refractivity contribution >= 4 is 27.7 Å². The van der Waals surface area contributed by atoms with Gasteiger partial charge in [0, 0.05) is 7.05 Å². The highest BCUT2D eigenvalue weighted by atomic mass is 79.9. The largest absolute Gasteiger partial charge is 0.465 e. The van der Waals surface area contributed by atoms with E-state index in [4.69, 9.17) is 10.8 Å². The molecule has 0 aromatic carbocycles. The molecule has 0 saturated carbocycles. The van der Waals surface area contributed by atoms with E-state index in [1.54, 1.807) is 12.1 Å². The Morgan fingerprint density at radius 1 is 1.69 bits per heavy atom. The van der Waals surface area contributed by atoms with E-state index >= 15 is 0 Å². The number of rotatable bonds is 1. The van der Waals surface area contributed by atoms with Crippen molar-refractivity contribution < 1.29 is 9.90 Å². The van der Waals surface area contributed by atoms with Gasteiger partial charge in [-0.1, -0.05) is 5.92 Å². The highest BCUT2D eigenvalue weighted by molar-refractivity contribution is 9.10. The molecular formula is C10H10BrN3O2. The van der Waals surface area contributed by atoms with Crippen LogP contribution in [0.3, 0.4) is 0 Å². The van der Waals surface area contributed by atoms with E-state index in [9.17, 15) is 4.79 Å². The molecule has 0 fully saturated rings. The molecule has 84 valence electrons. The first-order chi connectivity index (χ1) is 7.50. The van der Waals surface area contributed by atoms with Crippen molar-refractivity contribution in [3.8, 4) is 11.8 Å². The lowest BCUT2D eigenvalue weighted by atomic mass is 10.3. The summed E-state index contributed by atoms with van der Waals surface area (Å²) in [6.07, 6.45) is -1.02. The number of hydrogen-bond acceptors (Lipinski definition) is 3. The normalized spacial score (nSPS) is 9.12. The highest BCUT2D eigenvalue weighted by Crippen LogP contribution is 2.12. The van der Waals surface area contributed by atoms with Crippen LogP contribution in [0.5, 0.6) is 0 Å². The summed E-state index contributed by atoms with van der Waals surface area (Å²) in [5.41, 5.74) is 6.55. The average molecular weight is 284 g/mol. The molecule has 1 aromatic heterocycles. The minimum Gasteiger partial charge on any atom is -0.465 e. The Hall–Kier alpha value is -1.74. The van der Waals surface area contributed by atoms with E-state index < -0.39 is 6.09 Å². The fourth-order valence-electron chi connectivity index (χ4n) is 0.856. The minimum absolute atomic E-state index is 0.114. The number of aromatic nitrogens is 1. The van der Waals surface area contributed by atoms with Crippen LogP contribution in [0.25, 0.3) is 0 Å². The second-order valence-electron chi connectivity index (χ2n) is 3.01. The maximum absolute atomic E-state index is 10.5. The van der Waals surface area contributed by atoms with Crippen LogP contribution in [0.4, 0.5) is 10.5 Å². The number of pyridine rings is 1. The Morgan fingerprint density at radius 3 is 3.00 bits per heavy atom. The number of nitrogens with two attached hydrogens (primary N) is 1. The van der Waals surface area contributed by atoms with Gasteiger partial charge in [0.05, 0.1) is 12.2 Å². The van der Waals surface area contributed by atoms with Gasteiger partial charge in [-0.05, 0) is 34.0 Å². The lowest BCUT2D eigenvalue weighted by Crippen LogP contribution is -2.24. The molecule has 0 aliphatic heterocycles. The Balaban J connectivity index is 2.77. The first kappa shape index (κ1) is 12.3. The standard InChI is InChI=1S/C10H10BrN3O2/c1-14(10(15)16)6-2-3-8-7(12)4-5-9(11)13-8/h4-5H,6,12H2,1H3,(H,15,16). The Bertz CT molecular complexity index is 465. The topological polar surface area (TPSA) is 79.5 Å². The van der Waals surface area contributed by atoms with Gasteiger partial charge in [0.15, 0.2) is 0 Å². The fraction of sp³-hybridized carbons (Fsp3) is 0.200. The van der Waals surface area contributed by atoms with Crippen LogP contribution in [0.2, 0.25) is 0 Å². The van der Waals surface area contributed by atoms with Crippen molar-refractivity contribution in [3.05, 3.63) is 22.4 Å². The Morgan fingerprint density at radius 2 is 2.38 bits per heavy atom. The van der Waals surface area contributed by atoms with Crippen LogP contribution in [0, 0.1) is 11.8 Å². The molecule has 16 heavy (non-hydrogen) atoms. The molecule has 5 nitrogen and oxygen atoms in total. The van der Waals surface area contributed by atoms with Crippen LogP contribution in [-0.2, 0) is 0 Å². The van der Waals surface area contributed by atoms with Crippen LogP contribution in [-0.4, -0.2) is 34.7 Å². The molecule has 3 N–H and O–H groups in total. The highest BCUT2D eigenvalue weighted by Gasteiger charge is 2.01. The molecule has 1 amide bonds. The van der Waals surface area contributed by atoms with Gasteiger partial charge in [0.25, 0.3) is 0 Å². The van der Waals surface area contributed by atoms with Crippen LogP contribution in [0.1, 0.15) is 5.69 Å². The van der Waals surface area contributed by atoms with Gasteiger partial charge in [0.2, 0.25) is 0 Å². The van der Waals surface area contributed by atoms with Crippen molar-refractivity contribution in [2.24, 2.45) is 0 Å². The zero-order valence-corrected chi connectivity index (χ0v) is 10.2. The molecule has 1 rings (SSSR count). The van der Waals surface area contributed by atoms with Crippen molar-refractivity contribution in [2.45, 2.75) is 0 Å². The van der Waals surface area contributed by atoms with Gasteiger partial charge < -0.3 is 15.7 Å². The van der Waals surface area contributed by atoms with E-state index in [0.717, 1.165) is 4.90 Å². The molecule has 1 aromatic rings. The summed E-state index contributed by atoms with van der Waals surface area (Å²) in [5, 5.41) is 8.59. The number of carbonyl (C=O) groups is 1. The third kappa shape index (κ3) is 3.44. The van der Waals surface area contributed by atoms with E-state index in [1.165, 1.54) is 7.05 Å². The summed E-state index contributed by atoms with van der Waals surface area (Å²) in [6.45, 7) is 0.114. The second kappa shape index (κ2) is 5.37. The third-order valence-electron chi connectivity index (χ3n) is 1.74. The number of hydrogen-bond donors (Lipinski definition) is 2. The Kier molecular flexibility index (Phi) is 4.14. The average Bonchev–Trinajstić information content (AvgIpc) is 2.22. The molecule has 0 radical (unpaired) electrons. The quantitative estimate of drug-likeness (QED) is 0.603. The number of nitrogen functional groups attached to an aromatic ring is 1. The summed E-state index contributed by atoms with van der Waals surface area (Å²) in [5.74, 6) is 5.40. The molecule has 0 aliphatic rings. The third-order valence-corrected chi connectivity index (χ3v) is 2.18. The fourth-order valence-corrected chi connectivity index (χ4v) is 1.17. The zero-order chi connectivity index (χ0) is 12.1. The van der Waals surface area contributed by atoms with E-state index in [2.05, 4.69) is 32.8 Å². The molecular weight excluding hydrogens is 274 g/mol. The zero-order valence-electron chi connectivity index (χ0n) is 8.57. The summed E-state index contributed by atoms with van der Waals surface area (Å²) >= 11 is 3.20. The summed E-state index contributed by atoms with van der Waals surface area (Å²) in [6, 6.07) is 3.39. The van der Waals surface area contributed by atoms with Gasteiger partial charge in [-0.15, -0.1) is 0 Å². The van der Waals surface area contributed by atoms with Gasteiger partial charge in [-0.25, -0.2) is 9.78 Å². The minimum atomic E-state index is -1.02. The molecule has 0 atom stereocenters. The van der Waals surface area contributed by atoms with Gasteiger partial charge >= 0.3 is 6.09 Å². The number of amides is 1. The number of anilines is 1. The molecule has 1 heterocycles. The smallest absolute Gasteiger partial charge is 0.407 e. The molecule has 0 spiro atoms. The predicted molar refractivity (Wildman–Crippen MR) is 63.9 cm³/mol. The first-order valence-corrected chi connectivity index (χ1v) is 5.15. The summed E-state index contributed by atoms with van der Waals surface area (Å²) < 4.78 is 0.637. The monoisotopic (exact) mass is 283 g/mol. The van der Waals surface area contributed by atoms with Crippen molar-refractivity contribution in [1.82, 2.24) is 9.88 Å². The van der Waals surface area contributed by atoms with Crippen molar-refractivity contribution in [2.75, 3.05) is 19.3 Å². The Labute approximate surface area is 101 Å². The molecule has 0 saturated heterocycles. The molecule has 0 aliphatic carbocycles. The van der Waals surface area contributed by atoms with Gasteiger partial charge in [-0.3, -0.25) is 0 Å². The number of halogens is 1. The number of carboxylic acid groups (broad SMARTS) is 1.